The van der Waals surface area contributed by atoms with Gasteiger partial charge in [0.05, 0.1) is 6.54 Å². The van der Waals surface area contributed by atoms with Crippen LogP contribution in [0.15, 0.2) is 24.3 Å². The molecular formula is C15H19ClN6O2. The van der Waals surface area contributed by atoms with Gasteiger partial charge in [0.15, 0.2) is 6.04 Å². The number of hydrogen-bond acceptors (Lipinski definition) is 5. The van der Waals surface area contributed by atoms with Crippen molar-refractivity contribution in [3.8, 4) is 11.4 Å². The van der Waals surface area contributed by atoms with Gasteiger partial charge in [0.25, 0.3) is 0 Å². The molecule has 2 aromatic rings. The van der Waals surface area contributed by atoms with Crippen LogP contribution in [0.2, 0.25) is 5.02 Å². The lowest BCUT2D eigenvalue weighted by Gasteiger charge is -2.15. The van der Waals surface area contributed by atoms with E-state index in [4.69, 9.17) is 11.6 Å². The zero-order chi connectivity index (χ0) is 17.7. The fourth-order valence-electron chi connectivity index (χ4n) is 1.96. The molecule has 2 amide bonds. The van der Waals surface area contributed by atoms with Crippen LogP contribution in [0.25, 0.3) is 11.4 Å². The second-order valence-corrected chi connectivity index (χ2v) is 5.81. The number of rotatable bonds is 6. The van der Waals surface area contributed by atoms with Crippen molar-refractivity contribution < 1.29 is 9.59 Å². The summed E-state index contributed by atoms with van der Waals surface area (Å²) in [4.78, 5) is 26.5. The van der Waals surface area contributed by atoms with Gasteiger partial charge in [0.1, 0.15) is 0 Å². The van der Waals surface area contributed by atoms with Crippen molar-refractivity contribution in [1.29, 1.82) is 0 Å². The average Bonchev–Trinajstić information content (AvgIpc) is 3.03. The smallest absolute Gasteiger partial charge is 0.247 e. The van der Waals surface area contributed by atoms with Crippen molar-refractivity contribution in [2.75, 3.05) is 20.6 Å². The Morgan fingerprint density at radius 3 is 2.54 bits per heavy atom. The first-order chi connectivity index (χ1) is 11.4. The Hall–Kier alpha value is -2.48. The molecule has 0 fully saturated rings. The molecule has 1 aromatic heterocycles. The van der Waals surface area contributed by atoms with Crippen LogP contribution in [0.5, 0.6) is 0 Å². The van der Waals surface area contributed by atoms with Crippen molar-refractivity contribution in [3.05, 3.63) is 29.3 Å². The molecule has 0 aliphatic carbocycles. The van der Waals surface area contributed by atoms with Gasteiger partial charge in [0.2, 0.25) is 17.6 Å². The Morgan fingerprint density at radius 2 is 1.96 bits per heavy atom. The molecule has 0 saturated heterocycles. The second kappa shape index (κ2) is 7.87. The molecule has 9 heteroatoms. The van der Waals surface area contributed by atoms with E-state index >= 15 is 0 Å². The monoisotopic (exact) mass is 350 g/mol. The van der Waals surface area contributed by atoms with Gasteiger partial charge in [-0.25, -0.2) is 0 Å². The highest BCUT2D eigenvalue weighted by Gasteiger charge is 2.22. The predicted molar refractivity (Wildman–Crippen MR) is 89.3 cm³/mol. The number of carbonyl (C=O) groups is 2. The number of benzene rings is 1. The number of amides is 2. The van der Waals surface area contributed by atoms with Crippen LogP contribution < -0.4 is 5.32 Å². The summed E-state index contributed by atoms with van der Waals surface area (Å²) in [5.74, 6) is -0.110. The van der Waals surface area contributed by atoms with Crippen LogP contribution in [0.4, 0.5) is 0 Å². The number of aromatic nitrogens is 4. The van der Waals surface area contributed by atoms with Crippen LogP contribution >= 0.6 is 11.6 Å². The highest BCUT2D eigenvalue weighted by Crippen LogP contribution is 2.18. The summed E-state index contributed by atoms with van der Waals surface area (Å²) in [7, 11) is 3.26. The average molecular weight is 351 g/mol. The molecule has 1 N–H and O–H groups in total. The molecule has 0 unspecified atom stereocenters. The van der Waals surface area contributed by atoms with Crippen LogP contribution in [0.1, 0.15) is 19.4 Å². The number of nitrogens with one attached hydrogen (secondary N) is 1. The number of halogens is 1. The minimum absolute atomic E-state index is 0.0684. The summed E-state index contributed by atoms with van der Waals surface area (Å²) < 4.78 is 0. The van der Waals surface area contributed by atoms with E-state index < -0.39 is 6.04 Å². The van der Waals surface area contributed by atoms with E-state index in [9.17, 15) is 9.59 Å². The number of carbonyl (C=O) groups excluding carboxylic acids is 2. The van der Waals surface area contributed by atoms with Crippen molar-refractivity contribution in [2.24, 2.45) is 0 Å². The normalized spacial score (nSPS) is 11.8. The van der Waals surface area contributed by atoms with Gasteiger partial charge in [-0.3, -0.25) is 9.59 Å². The Balaban J connectivity index is 2.09. The Morgan fingerprint density at radius 1 is 1.29 bits per heavy atom. The van der Waals surface area contributed by atoms with Crippen molar-refractivity contribution in [1.82, 2.24) is 30.4 Å². The van der Waals surface area contributed by atoms with Gasteiger partial charge >= 0.3 is 0 Å². The lowest BCUT2D eigenvalue weighted by Crippen LogP contribution is -2.40. The van der Waals surface area contributed by atoms with E-state index in [0.29, 0.717) is 17.3 Å². The molecular weight excluding hydrogens is 332 g/mol. The molecule has 2 rings (SSSR count). The van der Waals surface area contributed by atoms with Gasteiger partial charge < -0.3 is 10.2 Å². The van der Waals surface area contributed by atoms with E-state index in [2.05, 4.69) is 20.7 Å². The number of hydrogen-bond donors (Lipinski definition) is 1. The Labute approximate surface area is 144 Å². The van der Waals surface area contributed by atoms with Crippen LogP contribution in [-0.2, 0) is 9.59 Å². The second-order valence-electron chi connectivity index (χ2n) is 5.37. The predicted octanol–water partition coefficient (Wildman–Crippen LogP) is 1.15. The van der Waals surface area contributed by atoms with Gasteiger partial charge in [-0.2, -0.15) is 4.80 Å². The molecule has 24 heavy (non-hydrogen) atoms. The van der Waals surface area contributed by atoms with Gasteiger partial charge in [-0.1, -0.05) is 18.5 Å². The van der Waals surface area contributed by atoms with Crippen LogP contribution in [0.3, 0.4) is 0 Å². The zero-order valence-electron chi connectivity index (χ0n) is 13.7. The summed E-state index contributed by atoms with van der Waals surface area (Å²) in [5.41, 5.74) is 0.753. The van der Waals surface area contributed by atoms with Crippen molar-refractivity contribution in [3.63, 3.8) is 0 Å². The summed E-state index contributed by atoms with van der Waals surface area (Å²) in [6.45, 7) is 1.77. The summed E-state index contributed by atoms with van der Waals surface area (Å²) in [5, 5.41) is 15.4. The maximum absolute atomic E-state index is 12.3. The molecule has 0 radical (unpaired) electrons. The van der Waals surface area contributed by atoms with E-state index in [-0.39, 0.29) is 18.4 Å². The van der Waals surface area contributed by atoms with Crippen molar-refractivity contribution in [2.45, 2.75) is 19.4 Å². The molecule has 8 nitrogen and oxygen atoms in total. The van der Waals surface area contributed by atoms with E-state index in [1.807, 2.05) is 6.92 Å². The van der Waals surface area contributed by atoms with E-state index in [1.165, 1.54) is 9.70 Å². The third-order valence-corrected chi connectivity index (χ3v) is 3.66. The molecule has 1 heterocycles. The third-order valence-electron chi connectivity index (χ3n) is 3.41. The Bertz CT molecular complexity index is 713. The third kappa shape index (κ3) is 4.29. The van der Waals surface area contributed by atoms with E-state index in [0.717, 1.165) is 5.56 Å². The first-order valence-corrected chi connectivity index (χ1v) is 7.83. The molecule has 0 bridgehead atoms. The first kappa shape index (κ1) is 17.9. The van der Waals surface area contributed by atoms with Crippen molar-refractivity contribution >= 4 is 23.4 Å². The van der Waals surface area contributed by atoms with Gasteiger partial charge in [-0.05, 0) is 35.9 Å². The van der Waals surface area contributed by atoms with E-state index in [1.54, 1.807) is 38.4 Å². The molecule has 128 valence electrons. The summed E-state index contributed by atoms with van der Waals surface area (Å²) >= 11 is 5.86. The molecule has 1 aromatic carbocycles. The van der Waals surface area contributed by atoms with Gasteiger partial charge in [0, 0.05) is 24.7 Å². The fraction of sp³-hybridized carbons (Fsp3) is 0.400. The highest BCUT2D eigenvalue weighted by atomic mass is 35.5. The highest BCUT2D eigenvalue weighted by molar-refractivity contribution is 6.30. The number of likely N-dealkylation sites (N-methyl/N-ethyl adjacent to an activating group) is 1. The largest absolute Gasteiger partial charge is 0.347 e. The minimum Gasteiger partial charge on any atom is -0.347 e. The SMILES string of the molecule is CC[C@H](C(=O)NCC(=O)N(C)C)n1nnc(-c2ccc(Cl)cc2)n1. The minimum atomic E-state index is -0.631. The lowest BCUT2D eigenvalue weighted by molar-refractivity contribution is -0.132. The molecule has 0 aliphatic heterocycles. The molecule has 1 atom stereocenters. The first-order valence-electron chi connectivity index (χ1n) is 7.45. The van der Waals surface area contributed by atoms with Crippen LogP contribution in [-0.4, -0.2) is 57.6 Å². The standard InChI is InChI=1S/C15H19ClN6O2/c1-4-12(15(24)17-9-13(23)21(2)3)22-19-14(18-20-22)10-5-7-11(16)8-6-10/h5-8,12H,4,9H2,1-3H3,(H,17,24)/t12-/m1/s1. The Kier molecular flexibility index (Phi) is 5.86. The topological polar surface area (TPSA) is 93.0 Å². The zero-order valence-corrected chi connectivity index (χ0v) is 14.5. The quantitative estimate of drug-likeness (QED) is 0.843. The van der Waals surface area contributed by atoms with Crippen LogP contribution in [0, 0.1) is 0 Å². The fourth-order valence-corrected chi connectivity index (χ4v) is 2.09. The maximum Gasteiger partial charge on any atom is 0.247 e. The molecule has 0 aliphatic rings. The molecule has 0 saturated carbocycles. The van der Waals surface area contributed by atoms with Gasteiger partial charge in [-0.15, -0.1) is 10.2 Å². The number of nitrogens with zero attached hydrogens (tertiary/aromatic N) is 5. The summed E-state index contributed by atoms with van der Waals surface area (Å²) in [6.07, 6.45) is 0.471. The lowest BCUT2D eigenvalue weighted by atomic mass is 10.2. The maximum atomic E-state index is 12.3. The molecule has 0 spiro atoms. The number of tetrazole rings is 1. The summed E-state index contributed by atoms with van der Waals surface area (Å²) in [6, 6.07) is 6.39.